The van der Waals surface area contributed by atoms with E-state index in [1.807, 2.05) is 31.2 Å². The normalized spacial score (nSPS) is 14.1. The monoisotopic (exact) mass is 293 g/mol. The summed E-state index contributed by atoms with van der Waals surface area (Å²) in [5.74, 6) is -0.299. The van der Waals surface area contributed by atoms with Gasteiger partial charge < -0.3 is 15.6 Å². The summed E-state index contributed by atoms with van der Waals surface area (Å²) in [6, 6.07) is 7.53. The van der Waals surface area contributed by atoms with Gasteiger partial charge in [0.2, 0.25) is 0 Å². The van der Waals surface area contributed by atoms with Crippen molar-refractivity contribution in [3.8, 4) is 0 Å². The van der Waals surface area contributed by atoms with Crippen molar-refractivity contribution < 1.29 is 14.6 Å². The van der Waals surface area contributed by atoms with Gasteiger partial charge in [-0.2, -0.15) is 0 Å². The SMILES string of the molecule is Cc1ccccc1C(CN)(CCOCCC(C)C)C(=O)O. The molecule has 0 saturated heterocycles. The van der Waals surface area contributed by atoms with Gasteiger partial charge in [0.1, 0.15) is 5.41 Å². The van der Waals surface area contributed by atoms with E-state index in [1.54, 1.807) is 0 Å². The van der Waals surface area contributed by atoms with Crippen LogP contribution in [-0.4, -0.2) is 30.8 Å². The maximum absolute atomic E-state index is 11.8. The number of aryl methyl sites for hydroxylation is 1. The van der Waals surface area contributed by atoms with Crippen molar-refractivity contribution in [1.29, 1.82) is 0 Å². The van der Waals surface area contributed by atoms with Crippen LogP contribution in [0.2, 0.25) is 0 Å². The summed E-state index contributed by atoms with van der Waals surface area (Å²) >= 11 is 0. The molecule has 21 heavy (non-hydrogen) atoms. The van der Waals surface area contributed by atoms with E-state index in [-0.39, 0.29) is 6.54 Å². The summed E-state index contributed by atoms with van der Waals surface area (Å²) in [5, 5.41) is 9.71. The number of rotatable bonds is 9. The van der Waals surface area contributed by atoms with E-state index in [1.165, 1.54) is 0 Å². The highest BCUT2D eigenvalue weighted by Crippen LogP contribution is 2.30. The van der Waals surface area contributed by atoms with E-state index in [0.717, 1.165) is 17.5 Å². The lowest BCUT2D eigenvalue weighted by Gasteiger charge is -2.30. The summed E-state index contributed by atoms with van der Waals surface area (Å²) in [4.78, 5) is 11.8. The van der Waals surface area contributed by atoms with Crippen LogP contribution in [0.25, 0.3) is 0 Å². The lowest BCUT2D eigenvalue weighted by atomic mass is 9.76. The van der Waals surface area contributed by atoms with Crippen molar-refractivity contribution in [1.82, 2.24) is 0 Å². The van der Waals surface area contributed by atoms with E-state index < -0.39 is 11.4 Å². The average molecular weight is 293 g/mol. The summed E-state index contributed by atoms with van der Waals surface area (Å²) in [7, 11) is 0. The van der Waals surface area contributed by atoms with Gasteiger partial charge in [-0.3, -0.25) is 4.79 Å². The van der Waals surface area contributed by atoms with E-state index >= 15 is 0 Å². The van der Waals surface area contributed by atoms with Crippen LogP contribution in [0.15, 0.2) is 24.3 Å². The molecule has 1 atom stereocenters. The van der Waals surface area contributed by atoms with Gasteiger partial charge >= 0.3 is 5.97 Å². The molecule has 0 bridgehead atoms. The van der Waals surface area contributed by atoms with Crippen LogP contribution in [0, 0.1) is 12.8 Å². The molecule has 1 unspecified atom stereocenters. The van der Waals surface area contributed by atoms with Crippen LogP contribution in [0.3, 0.4) is 0 Å². The van der Waals surface area contributed by atoms with E-state index in [2.05, 4.69) is 13.8 Å². The summed E-state index contributed by atoms with van der Waals surface area (Å²) < 4.78 is 5.59. The van der Waals surface area contributed by atoms with Crippen LogP contribution in [0.4, 0.5) is 0 Å². The quantitative estimate of drug-likeness (QED) is 0.687. The predicted octanol–water partition coefficient (Wildman–Crippen LogP) is 2.73. The number of nitrogens with two attached hydrogens (primary N) is 1. The number of carboxylic acid groups (broad SMARTS) is 1. The molecule has 0 aliphatic carbocycles. The minimum atomic E-state index is -1.07. The number of ether oxygens (including phenoxy) is 1. The zero-order valence-electron chi connectivity index (χ0n) is 13.3. The van der Waals surface area contributed by atoms with Crippen molar-refractivity contribution in [3.63, 3.8) is 0 Å². The smallest absolute Gasteiger partial charge is 0.315 e. The Balaban J connectivity index is 2.81. The van der Waals surface area contributed by atoms with Crippen LogP contribution in [-0.2, 0) is 14.9 Å². The molecule has 0 spiro atoms. The highest BCUT2D eigenvalue weighted by molar-refractivity contribution is 5.82. The molecular formula is C17H27NO3. The van der Waals surface area contributed by atoms with E-state index in [0.29, 0.717) is 25.6 Å². The topological polar surface area (TPSA) is 72.5 Å². The largest absolute Gasteiger partial charge is 0.481 e. The van der Waals surface area contributed by atoms with Crippen molar-refractivity contribution in [2.24, 2.45) is 11.7 Å². The number of hydrogen-bond acceptors (Lipinski definition) is 3. The summed E-state index contributed by atoms with van der Waals surface area (Å²) in [6.07, 6.45) is 1.37. The molecule has 0 heterocycles. The molecule has 0 aliphatic heterocycles. The molecule has 0 saturated carbocycles. The number of carbonyl (C=O) groups is 1. The Labute approximate surface area is 127 Å². The van der Waals surface area contributed by atoms with Crippen molar-refractivity contribution in [2.75, 3.05) is 19.8 Å². The standard InChI is InChI=1S/C17H27NO3/c1-13(2)8-10-21-11-9-17(12-18,16(19)20)15-7-5-4-6-14(15)3/h4-7,13H,8-12,18H2,1-3H3,(H,19,20). The zero-order chi connectivity index (χ0) is 15.9. The van der Waals surface area contributed by atoms with Crippen molar-refractivity contribution >= 4 is 5.97 Å². The number of aliphatic carboxylic acids is 1. The highest BCUT2D eigenvalue weighted by atomic mass is 16.5. The third-order valence-electron chi connectivity index (χ3n) is 3.93. The van der Waals surface area contributed by atoms with Crippen molar-refractivity contribution in [3.05, 3.63) is 35.4 Å². The van der Waals surface area contributed by atoms with E-state index in [4.69, 9.17) is 10.5 Å². The summed E-state index contributed by atoms with van der Waals surface area (Å²) in [5.41, 5.74) is 6.51. The van der Waals surface area contributed by atoms with Crippen LogP contribution >= 0.6 is 0 Å². The second-order valence-corrected chi connectivity index (χ2v) is 5.95. The molecule has 4 nitrogen and oxygen atoms in total. The number of benzene rings is 1. The van der Waals surface area contributed by atoms with E-state index in [9.17, 15) is 9.90 Å². The lowest BCUT2D eigenvalue weighted by Crippen LogP contribution is -2.44. The molecule has 1 aromatic rings. The predicted molar refractivity (Wildman–Crippen MR) is 84.4 cm³/mol. The molecule has 1 aromatic carbocycles. The second-order valence-electron chi connectivity index (χ2n) is 5.95. The van der Waals surface area contributed by atoms with Gasteiger partial charge in [-0.1, -0.05) is 38.1 Å². The van der Waals surface area contributed by atoms with Crippen LogP contribution in [0.1, 0.15) is 37.8 Å². The molecular weight excluding hydrogens is 266 g/mol. The molecule has 0 aliphatic rings. The van der Waals surface area contributed by atoms with Gasteiger partial charge in [0, 0.05) is 19.8 Å². The molecule has 118 valence electrons. The van der Waals surface area contributed by atoms with Gasteiger partial charge in [-0.25, -0.2) is 0 Å². The minimum Gasteiger partial charge on any atom is -0.481 e. The molecule has 0 radical (unpaired) electrons. The number of carboxylic acids is 1. The Morgan fingerprint density at radius 3 is 2.52 bits per heavy atom. The minimum absolute atomic E-state index is 0.0702. The fourth-order valence-electron chi connectivity index (χ4n) is 2.43. The molecule has 3 N–H and O–H groups in total. The molecule has 4 heteroatoms. The third-order valence-corrected chi connectivity index (χ3v) is 3.93. The Morgan fingerprint density at radius 1 is 1.33 bits per heavy atom. The number of hydrogen-bond donors (Lipinski definition) is 2. The van der Waals surface area contributed by atoms with Crippen LogP contribution < -0.4 is 5.73 Å². The van der Waals surface area contributed by atoms with Crippen molar-refractivity contribution in [2.45, 2.75) is 39.0 Å². The van der Waals surface area contributed by atoms with Gasteiger partial charge in [0.25, 0.3) is 0 Å². The first-order chi connectivity index (χ1) is 9.94. The highest BCUT2D eigenvalue weighted by Gasteiger charge is 2.39. The molecule has 0 aromatic heterocycles. The van der Waals surface area contributed by atoms with Gasteiger partial charge in [-0.05, 0) is 36.8 Å². The first kappa shape index (κ1) is 17.7. The average Bonchev–Trinajstić information content (AvgIpc) is 2.43. The molecule has 1 rings (SSSR count). The Bertz CT molecular complexity index is 459. The first-order valence-corrected chi connectivity index (χ1v) is 7.51. The maximum atomic E-state index is 11.8. The lowest BCUT2D eigenvalue weighted by molar-refractivity contribution is -0.144. The third kappa shape index (κ3) is 4.55. The van der Waals surface area contributed by atoms with Crippen LogP contribution in [0.5, 0.6) is 0 Å². The Kier molecular flexibility index (Phi) is 6.85. The Hall–Kier alpha value is -1.39. The fraction of sp³-hybridized carbons (Fsp3) is 0.588. The van der Waals surface area contributed by atoms with Gasteiger partial charge in [0.05, 0.1) is 0 Å². The maximum Gasteiger partial charge on any atom is 0.315 e. The second kappa shape index (κ2) is 8.15. The molecule has 0 amide bonds. The fourth-order valence-corrected chi connectivity index (χ4v) is 2.43. The zero-order valence-corrected chi connectivity index (χ0v) is 13.3. The first-order valence-electron chi connectivity index (χ1n) is 7.51. The summed E-state index contributed by atoms with van der Waals surface area (Å²) in [6.45, 7) is 7.33. The Morgan fingerprint density at radius 2 is 2.00 bits per heavy atom. The molecule has 0 fully saturated rings. The van der Waals surface area contributed by atoms with Gasteiger partial charge in [0.15, 0.2) is 0 Å². The van der Waals surface area contributed by atoms with Gasteiger partial charge in [-0.15, -0.1) is 0 Å².